The van der Waals surface area contributed by atoms with Crippen LogP contribution in [0.5, 0.6) is 5.75 Å². The second kappa shape index (κ2) is 6.33. The lowest BCUT2D eigenvalue weighted by Gasteiger charge is -2.07. The minimum absolute atomic E-state index is 0.426. The van der Waals surface area contributed by atoms with Gasteiger partial charge >= 0.3 is 0 Å². The smallest absolute Gasteiger partial charge is 0.118 e. The maximum atomic E-state index is 5.72. The van der Waals surface area contributed by atoms with Crippen LogP contribution in [0.1, 0.15) is 30.3 Å². The van der Waals surface area contributed by atoms with Crippen molar-refractivity contribution in [3.8, 4) is 5.75 Å². The number of aryl methyl sites for hydroxylation is 1. The molecule has 1 aromatic carbocycles. The van der Waals surface area contributed by atoms with Gasteiger partial charge in [0.25, 0.3) is 0 Å². The van der Waals surface area contributed by atoms with Gasteiger partial charge < -0.3 is 10.5 Å². The van der Waals surface area contributed by atoms with Crippen molar-refractivity contribution < 1.29 is 4.74 Å². The predicted molar refractivity (Wildman–Crippen MR) is 74.0 cm³/mol. The summed E-state index contributed by atoms with van der Waals surface area (Å²) in [6.45, 7) is 3.43. The van der Waals surface area contributed by atoms with Crippen LogP contribution < -0.4 is 10.5 Å². The lowest BCUT2D eigenvalue weighted by molar-refractivity contribution is 0.414. The van der Waals surface area contributed by atoms with Crippen LogP contribution in [-0.2, 0) is 19.5 Å². The van der Waals surface area contributed by atoms with Gasteiger partial charge in [-0.15, -0.1) is 5.10 Å². The number of hydrogen-bond donors (Lipinski definition) is 1. The first kappa shape index (κ1) is 13.5. The van der Waals surface area contributed by atoms with E-state index in [0.717, 1.165) is 36.5 Å². The molecule has 0 bridgehead atoms. The van der Waals surface area contributed by atoms with Crippen LogP contribution in [0.2, 0.25) is 0 Å². The first-order valence-corrected chi connectivity index (χ1v) is 6.52. The molecule has 0 amide bonds. The number of ether oxygens (including phenoxy) is 1. The Hall–Kier alpha value is -1.88. The van der Waals surface area contributed by atoms with Crippen molar-refractivity contribution in [2.24, 2.45) is 5.73 Å². The Morgan fingerprint density at radius 2 is 2.00 bits per heavy atom. The molecule has 0 spiro atoms. The van der Waals surface area contributed by atoms with Gasteiger partial charge in [0.2, 0.25) is 0 Å². The van der Waals surface area contributed by atoms with Gasteiger partial charge in [0.15, 0.2) is 0 Å². The van der Waals surface area contributed by atoms with E-state index in [4.69, 9.17) is 10.5 Å². The van der Waals surface area contributed by atoms with Gasteiger partial charge in [0.05, 0.1) is 18.5 Å². The molecule has 0 unspecified atom stereocenters. The number of aromatic nitrogens is 3. The Morgan fingerprint density at radius 3 is 2.58 bits per heavy atom. The van der Waals surface area contributed by atoms with E-state index < -0.39 is 0 Å². The second-order valence-electron chi connectivity index (χ2n) is 4.43. The topological polar surface area (TPSA) is 66.0 Å². The van der Waals surface area contributed by atoms with E-state index in [1.165, 1.54) is 5.56 Å². The average molecular weight is 260 g/mol. The maximum Gasteiger partial charge on any atom is 0.118 e. The molecule has 102 valence electrons. The van der Waals surface area contributed by atoms with Gasteiger partial charge in [0.1, 0.15) is 5.75 Å². The summed E-state index contributed by atoms with van der Waals surface area (Å²) in [7, 11) is 1.67. The zero-order chi connectivity index (χ0) is 13.7. The summed E-state index contributed by atoms with van der Waals surface area (Å²) in [5.74, 6) is 0.864. The molecular weight excluding hydrogens is 240 g/mol. The molecule has 2 N–H and O–H groups in total. The van der Waals surface area contributed by atoms with Crippen molar-refractivity contribution in [3.05, 3.63) is 41.2 Å². The van der Waals surface area contributed by atoms with Crippen molar-refractivity contribution >= 4 is 0 Å². The zero-order valence-corrected chi connectivity index (χ0v) is 11.5. The molecular formula is C14H20N4O. The molecule has 5 nitrogen and oxygen atoms in total. The van der Waals surface area contributed by atoms with E-state index in [2.05, 4.69) is 29.4 Å². The van der Waals surface area contributed by atoms with Crippen molar-refractivity contribution in [2.75, 3.05) is 7.11 Å². The average Bonchev–Trinajstić information content (AvgIpc) is 2.82. The molecule has 19 heavy (non-hydrogen) atoms. The Kier molecular flexibility index (Phi) is 4.52. The molecule has 1 aromatic heterocycles. The summed E-state index contributed by atoms with van der Waals surface area (Å²) in [6, 6.07) is 8.04. The molecule has 0 saturated carbocycles. The number of hydrogen-bond acceptors (Lipinski definition) is 4. The third-order valence-electron chi connectivity index (χ3n) is 3.08. The van der Waals surface area contributed by atoms with E-state index in [1.54, 1.807) is 7.11 Å². The summed E-state index contributed by atoms with van der Waals surface area (Å²) >= 11 is 0. The van der Waals surface area contributed by atoms with Crippen molar-refractivity contribution in [2.45, 2.75) is 32.9 Å². The molecule has 0 radical (unpaired) electrons. The first-order valence-electron chi connectivity index (χ1n) is 6.52. The van der Waals surface area contributed by atoms with Crippen LogP contribution in [0.25, 0.3) is 0 Å². The summed E-state index contributed by atoms with van der Waals surface area (Å²) in [5, 5.41) is 8.31. The van der Waals surface area contributed by atoms with Crippen LogP contribution >= 0.6 is 0 Å². The summed E-state index contributed by atoms with van der Waals surface area (Å²) in [4.78, 5) is 0. The molecule has 0 aliphatic rings. The normalized spacial score (nSPS) is 10.7. The number of nitrogens with two attached hydrogens (primary N) is 1. The van der Waals surface area contributed by atoms with E-state index in [9.17, 15) is 0 Å². The van der Waals surface area contributed by atoms with Gasteiger partial charge in [-0.25, -0.2) is 4.68 Å². The molecule has 0 aliphatic heterocycles. The molecule has 1 heterocycles. The van der Waals surface area contributed by atoms with Crippen LogP contribution in [-0.4, -0.2) is 22.1 Å². The molecule has 0 saturated heterocycles. The van der Waals surface area contributed by atoms with Crippen molar-refractivity contribution in [1.29, 1.82) is 0 Å². The summed E-state index contributed by atoms with van der Waals surface area (Å²) in [6.07, 6.45) is 1.83. The van der Waals surface area contributed by atoms with Gasteiger partial charge in [-0.3, -0.25) is 0 Å². The lowest BCUT2D eigenvalue weighted by Crippen LogP contribution is -2.08. The monoisotopic (exact) mass is 260 g/mol. The molecule has 0 atom stereocenters. The fraction of sp³-hybridized carbons (Fsp3) is 0.429. The maximum absolute atomic E-state index is 5.72. The predicted octanol–water partition coefficient (Wildman–Crippen LogP) is 1.75. The SMILES string of the molecule is CCCn1nnc(CN)c1Cc1ccc(OC)cc1. The minimum atomic E-state index is 0.426. The Balaban J connectivity index is 2.22. The van der Waals surface area contributed by atoms with Crippen LogP contribution in [0.3, 0.4) is 0 Å². The molecule has 5 heteroatoms. The van der Waals surface area contributed by atoms with Crippen molar-refractivity contribution in [3.63, 3.8) is 0 Å². The van der Waals surface area contributed by atoms with Crippen LogP contribution in [0, 0.1) is 0 Å². The Bertz CT molecular complexity index is 519. The first-order chi connectivity index (χ1) is 9.28. The largest absolute Gasteiger partial charge is 0.497 e. The highest BCUT2D eigenvalue weighted by atomic mass is 16.5. The van der Waals surface area contributed by atoms with Crippen LogP contribution in [0.4, 0.5) is 0 Å². The van der Waals surface area contributed by atoms with Gasteiger partial charge in [-0.05, 0) is 24.1 Å². The minimum Gasteiger partial charge on any atom is -0.497 e. The highest BCUT2D eigenvalue weighted by Gasteiger charge is 2.11. The van der Waals surface area contributed by atoms with E-state index in [1.807, 2.05) is 16.8 Å². The van der Waals surface area contributed by atoms with E-state index >= 15 is 0 Å². The van der Waals surface area contributed by atoms with Gasteiger partial charge in [-0.1, -0.05) is 24.3 Å². The fourth-order valence-corrected chi connectivity index (χ4v) is 2.05. The highest BCUT2D eigenvalue weighted by Crippen LogP contribution is 2.16. The summed E-state index contributed by atoms with van der Waals surface area (Å²) in [5.41, 5.74) is 8.91. The Morgan fingerprint density at radius 1 is 1.26 bits per heavy atom. The van der Waals surface area contributed by atoms with Crippen molar-refractivity contribution in [1.82, 2.24) is 15.0 Å². The highest BCUT2D eigenvalue weighted by molar-refractivity contribution is 5.30. The quantitative estimate of drug-likeness (QED) is 0.859. The van der Waals surface area contributed by atoms with Crippen LogP contribution in [0.15, 0.2) is 24.3 Å². The van der Waals surface area contributed by atoms with Gasteiger partial charge in [0, 0.05) is 19.5 Å². The summed E-state index contributed by atoms with van der Waals surface area (Å²) < 4.78 is 7.11. The van der Waals surface area contributed by atoms with E-state index in [-0.39, 0.29) is 0 Å². The molecule has 2 rings (SSSR count). The van der Waals surface area contributed by atoms with Gasteiger partial charge in [-0.2, -0.15) is 0 Å². The second-order valence-corrected chi connectivity index (χ2v) is 4.43. The standard InChI is InChI=1S/C14H20N4O/c1-3-8-18-14(13(10-15)16-17-18)9-11-4-6-12(19-2)7-5-11/h4-7H,3,8-10,15H2,1-2H3. The number of nitrogens with zero attached hydrogens (tertiary/aromatic N) is 3. The fourth-order valence-electron chi connectivity index (χ4n) is 2.05. The third-order valence-corrected chi connectivity index (χ3v) is 3.08. The lowest BCUT2D eigenvalue weighted by atomic mass is 10.1. The Labute approximate surface area is 113 Å². The number of benzene rings is 1. The zero-order valence-electron chi connectivity index (χ0n) is 11.5. The third kappa shape index (κ3) is 3.12. The molecule has 0 aliphatic carbocycles. The number of rotatable bonds is 6. The number of methoxy groups -OCH3 is 1. The molecule has 2 aromatic rings. The van der Waals surface area contributed by atoms with E-state index in [0.29, 0.717) is 6.54 Å². The molecule has 0 fully saturated rings.